The Morgan fingerprint density at radius 3 is 2.62 bits per heavy atom. The molecule has 0 radical (unpaired) electrons. The van der Waals surface area contributed by atoms with E-state index in [1.165, 1.54) is 7.11 Å². The zero-order valence-corrected chi connectivity index (χ0v) is 15.6. The Labute approximate surface area is 158 Å². The topological polar surface area (TPSA) is 65.9 Å². The summed E-state index contributed by atoms with van der Waals surface area (Å²) < 4.78 is 5.36. The summed E-state index contributed by atoms with van der Waals surface area (Å²) in [5.74, 6) is 0.581. The van der Waals surface area contributed by atoms with Crippen molar-refractivity contribution in [1.82, 2.24) is 9.88 Å². The highest BCUT2D eigenvalue weighted by Gasteiger charge is 2.33. The van der Waals surface area contributed by atoms with Crippen molar-refractivity contribution in [2.45, 2.75) is 13.0 Å². The predicted molar refractivity (Wildman–Crippen MR) is 101 cm³/mol. The lowest BCUT2D eigenvalue weighted by Gasteiger charge is -2.39. The number of halogens is 1. The van der Waals surface area contributed by atoms with E-state index in [4.69, 9.17) is 16.3 Å². The maximum Gasteiger partial charge on any atom is 0.325 e. The molecule has 1 N–H and O–H groups in total. The number of carbonyl (C=O) groups is 1. The summed E-state index contributed by atoms with van der Waals surface area (Å²) in [4.78, 5) is 20.6. The summed E-state index contributed by atoms with van der Waals surface area (Å²) >= 11 is 6.10. The first-order valence-corrected chi connectivity index (χ1v) is 8.86. The van der Waals surface area contributed by atoms with Crippen LogP contribution in [-0.4, -0.2) is 54.2 Å². The molecule has 1 aliphatic rings. The number of aryl methyl sites for hydroxylation is 1. The van der Waals surface area contributed by atoms with Crippen molar-refractivity contribution in [2.24, 2.45) is 0 Å². The number of rotatable bonds is 5. The highest BCUT2D eigenvalue weighted by atomic mass is 35.5. The quantitative estimate of drug-likeness (QED) is 0.866. The molecular formula is C19H22ClN3O3. The van der Waals surface area contributed by atoms with Crippen LogP contribution >= 0.6 is 11.6 Å². The number of carboxylic acids is 1. The van der Waals surface area contributed by atoms with E-state index >= 15 is 0 Å². The zero-order chi connectivity index (χ0) is 18.7. The first-order chi connectivity index (χ1) is 12.5. The first kappa shape index (κ1) is 18.5. The lowest BCUT2D eigenvalue weighted by molar-refractivity contribution is -0.143. The minimum atomic E-state index is -0.909. The van der Waals surface area contributed by atoms with Gasteiger partial charge in [-0.25, -0.2) is 4.98 Å². The normalized spacial score (nSPS) is 16.3. The van der Waals surface area contributed by atoms with E-state index in [-0.39, 0.29) is 0 Å². The summed E-state index contributed by atoms with van der Waals surface area (Å²) in [5, 5.41) is 10.3. The van der Waals surface area contributed by atoms with Crippen LogP contribution in [0.15, 0.2) is 36.5 Å². The fraction of sp³-hybridized carbons (Fsp3) is 0.368. The van der Waals surface area contributed by atoms with Gasteiger partial charge in [0.05, 0.1) is 7.11 Å². The van der Waals surface area contributed by atoms with Crippen molar-refractivity contribution in [1.29, 1.82) is 0 Å². The molecule has 7 heteroatoms. The number of hydrogen-bond acceptors (Lipinski definition) is 5. The number of carboxylic acid groups (broad SMARTS) is 1. The lowest BCUT2D eigenvalue weighted by atomic mass is 10.0. The smallest absolute Gasteiger partial charge is 0.325 e. The Hall–Kier alpha value is -2.31. The van der Waals surface area contributed by atoms with Gasteiger partial charge in [-0.2, -0.15) is 0 Å². The Kier molecular flexibility index (Phi) is 5.64. The molecule has 1 aromatic heterocycles. The molecule has 1 saturated heterocycles. The van der Waals surface area contributed by atoms with Crippen molar-refractivity contribution >= 4 is 23.4 Å². The highest BCUT2D eigenvalue weighted by Crippen LogP contribution is 2.33. The minimum absolute atomic E-state index is 0.495. The average molecular weight is 376 g/mol. The second kappa shape index (κ2) is 7.93. The first-order valence-electron chi connectivity index (χ1n) is 8.48. The van der Waals surface area contributed by atoms with Gasteiger partial charge in [0.15, 0.2) is 0 Å². The molecule has 1 aromatic carbocycles. The minimum Gasteiger partial charge on any atom is -0.496 e. The molecule has 26 heavy (non-hydrogen) atoms. The molecule has 1 aliphatic heterocycles. The van der Waals surface area contributed by atoms with E-state index in [0.29, 0.717) is 42.5 Å². The molecule has 138 valence electrons. The monoisotopic (exact) mass is 375 g/mol. The number of aliphatic carboxylic acids is 1. The van der Waals surface area contributed by atoms with Crippen LogP contribution in [0.1, 0.15) is 17.2 Å². The lowest BCUT2D eigenvalue weighted by Crippen LogP contribution is -2.49. The van der Waals surface area contributed by atoms with Gasteiger partial charge < -0.3 is 14.7 Å². The third-order valence-electron chi connectivity index (χ3n) is 4.68. The number of aromatic nitrogens is 1. The van der Waals surface area contributed by atoms with Crippen LogP contribution in [0.5, 0.6) is 5.75 Å². The summed E-state index contributed by atoms with van der Waals surface area (Å²) in [5.41, 5.74) is 1.70. The molecule has 0 saturated carbocycles. The number of piperazine rings is 1. The maximum atomic E-state index is 12.0. The SMILES string of the molecule is COc1ccc(Cl)cc1C(C(=O)O)N1CCN(c2ncccc2C)CC1. The van der Waals surface area contributed by atoms with Gasteiger partial charge in [-0.3, -0.25) is 9.69 Å². The number of anilines is 1. The number of ether oxygens (including phenoxy) is 1. The maximum absolute atomic E-state index is 12.0. The fourth-order valence-corrected chi connectivity index (χ4v) is 3.59. The Morgan fingerprint density at radius 1 is 1.27 bits per heavy atom. The van der Waals surface area contributed by atoms with Gasteiger partial charge in [-0.1, -0.05) is 17.7 Å². The van der Waals surface area contributed by atoms with Crippen molar-refractivity contribution in [3.63, 3.8) is 0 Å². The van der Waals surface area contributed by atoms with Gasteiger partial charge in [0.1, 0.15) is 17.6 Å². The molecule has 0 bridgehead atoms. The molecule has 1 unspecified atom stereocenters. The third kappa shape index (κ3) is 3.76. The Bertz CT molecular complexity index is 791. The third-order valence-corrected chi connectivity index (χ3v) is 4.92. The van der Waals surface area contributed by atoms with Crippen LogP contribution < -0.4 is 9.64 Å². The molecule has 0 amide bonds. The molecule has 2 aromatic rings. The number of methoxy groups -OCH3 is 1. The van der Waals surface area contributed by atoms with Crippen LogP contribution in [0.25, 0.3) is 0 Å². The molecule has 0 spiro atoms. The largest absolute Gasteiger partial charge is 0.496 e. The van der Waals surface area contributed by atoms with Crippen LogP contribution in [0, 0.1) is 6.92 Å². The van der Waals surface area contributed by atoms with Gasteiger partial charge >= 0.3 is 5.97 Å². The highest BCUT2D eigenvalue weighted by molar-refractivity contribution is 6.30. The molecule has 0 aliphatic carbocycles. The van der Waals surface area contributed by atoms with Gasteiger partial charge in [0, 0.05) is 43.0 Å². The van der Waals surface area contributed by atoms with E-state index in [0.717, 1.165) is 11.4 Å². The predicted octanol–water partition coefficient (Wildman–Crippen LogP) is 3.00. The van der Waals surface area contributed by atoms with E-state index in [1.54, 1.807) is 24.4 Å². The molecule has 1 fully saturated rings. The van der Waals surface area contributed by atoms with E-state index in [2.05, 4.69) is 9.88 Å². The van der Waals surface area contributed by atoms with Crippen molar-refractivity contribution in [2.75, 3.05) is 38.2 Å². The molecule has 6 nitrogen and oxygen atoms in total. The Balaban J connectivity index is 1.81. The fourth-order valence-electron chi connectivity index (χ4n) is 3.41. The Morgan fingerprint density at radius 2 is 2.00 bits per heavy atom. The van der Waals surface area contributed by atoms with Gasteiger partial charge in [-0.15, -0.1) is 0 Å². The second-order valence-electron chi connectivity index (χ2n) is 6.29. The summed E-state index contributed by atoms with van der Waals surface area (Å²) in [6.07, 6.45) is 1.78. The van der Waals surface area contributed by atoms with Crippen LogP contribution in [0.3, 0.4) is 0 Å². The van der Waals surface area contributed by atoms with Crippen LogP contribution in [0.2, 0.25) is 5.02 Å². The number of nitrogens with zero attached hydrogens (tertiary/aromatic N) is 3. The van der Waals surface area contributed by atoms with Gasteiger partial charge in [0.2, 0.25) is 0 Å². The van der Waals surface area contributed by atoms with E-state index < -0.39 is 12.0 Å². The van der Waals surface area contributed by atoms with Crippen LogP contribution in [-0.2, 0) is 4.79 Å². The standard InChI is InChI=1S/C19H22ClN3O3/c1-13-4-3-7-21-18(13)23-10-8-22(9-11-23)17(19(24)25)15-12-14(20)5-6-16(15)26-2/h3-7,12,17H,8-11H2,1-2H3,(H,24,25). The molecule has 3 rings (SSSR count). The van der Waals surface area contributed by atoms with Gasteiger partial charge in [0.25, 0.3) is 0 Å². The summed E-state index contributed by atoms with van der Waals surface area (Å²) in [6, 6.07) is 8.24. The van der Waals surface area contributed by atoms with E-state index in [9.17, 15) is 9.90 Å². The number of pyridine rings is 1. The van der Waals surface area contributed by atoms with Gasteiger partial charge in [-0.05, 0) is 36.8 Å². The van der Waals surface area contributed by atoms with Crippen molar-refractivity contribution in [3.05, 3.63) is 52.7 Å². The van der Waals surface area contributed by atoms with Crippen molar-refractivity contribution < 1.29 is 14.6 Å². The zero-order valence-electron chi connectivity index (χ0n) is 14.9. The number of benzene rings is 1. The molecular weight excluding hydrogens is 354 g/mol. The average Bonchev–Trinajstić information content (AvgIpc) is 2.63. The second-order valence-corrected chi connectivity index (χ2v) is 6.73. The number of hydrogen-bond donors (Lipinski definition) is 1. The summed E-state index contributed by atoms with van der Waals surface area (Å²) in [7, 11) is 1.54. The molecule has 2 heterocycles. The summed E-state index contributed by atoms with van der Waals surface area (Å²) in [6.45, 7) is 4.69. The molecule has 1 atom stereocenters. The van der Waals surface area contributed by atoms with E-state index in [1.807, 2.05) is 24.0 Å². The van der Waals surface area contributed by atoms with Crippen LogP contribution in [0.4, 0.5) is 5.82 Å². The van der Waals surface area contributed by atoms with Crippen molar-refractivity contribution in [3.8, 4) is 5.75 Å².